The number of aromatic nitrogens is 4. The van der Waals surface area contributed by atoms with Gasteiger partial charge in [-0.05, 0) is 81.2 Å². The Morgan fingerprint density at radius 1 is 0.265 bits per heavy atom. The summed E-state index contributed by atoms with van der Waals surface area (Å²) in [5.41, 5.74) is 12.9. The SMILES string of the molecule is N#Cc1c(-n2c3ccccc3c3ccccc32)c(-n2c3ccccc3c3ccccc32)c(C#N)c(-n2c3cccc(-c4cccc5c4ccc4ccccc45)c3c3ccc4c5ccccc5sc4c32)c1-n1c2ccccc2c2ccccc21. The van der Waals surface area contributed by atoms with Gasteiger partial charge in [-0.2, -0.15) is 10.5 Å². The van der Waals surface area contributed by atoms with Gasteiger partial charge in [0.25, 0.3) is 0 Å². The van der Waals surface area contributed by atoms with E-state index in [1.165, 1.54) is 26.2 Å². The number of thiophene rings is 1. The number of hydrogen-bond acceptors (Lipinski definition) is 3. The van der Waals surface area contributed by atoms with Gasteiger partial charge in [-0.3, -0.25) is 0 Å². The normalized spacial score (nSPS) is 12.1. The van der Waals surface area contributed by atoms with Crippen molar-refractivity contribution >= 4 is 140 Å². The lowest BCUT2D eigenvalue weighted by molar-refractivity contribution is 1.03. The molecule has 18 aromatic rings. The Balaban J connectivity index is 1.14. The number of rotatable bonds is 5. The van der Waals surface area contributed by atoms with Gasteiger partial charge in [-0.1, -0.05) is 206 Å². The van der Waals surface area contributed by atoms with Crippen molar-refractivity contribution in [2.24, 2.45) is 0 Å². The van der Waals surface area contributed by atoms with Crippen molar-refractivity contribution in [1.82, 2.24) is 18.3 Å². The lowest BCUT2D eigenvalue weighted by Crippen LogP contribution is -2.16. The molecule has 0 spiro atoms. The summed E-state index contributed by atoms with van der Waals surface area (Å²) in [6.07, 6.45) is 0. The largest absolute Gasteiger partial charge is 0.306 e. The first-order valence-electron chi connectivity index (χ1n) is 28.0. The molecule has 0 amide bonds. The highest BCUT2D eigenvalue weighted by molar-refractivity contribution is 7.26. The van der Waals surface area contributed by atoms with E-state index in [-0.39, 0.29) is 0 Å². The van der Waals surface area contributed by atoms with E-state index >= 15 is 0 Å². The van der Waals surface area contributed by atoms with Gasteiger partial charge in [0.15, 0.2) is 0 Å². The van der Waals surface area contributed by atoms with E-state index in [1.807, 2.05) is 0 Å². The van der Waals surface area contributed by atoms with Crippen molar-refractivity contribution in [3.63, 3.8) is 0 Å². The first kappa shape index (κ1) is 45.6. The summed E-state index contributed by atoms with van der Waals surface area (Å²) in [5.74, 6) is 0. The quantitative estimate of drug-likeness (QED) is 0.161. The highest BCUT2D eigenvalue weighted by Crippen LogP contribution is 2.52. The number of fused-ring (bicyclic) bond motifs is 19. The molecule has 0 saturated heterocycles. The van der Waals surface area contributed by atoms with Crippen LogP contribution in [0.3, 0.4) is 0 Å². The zero-order valence-electron chi connectivity index (χ0n) is 44.3. The number of para-hydroxylation sites is 6. The number of benzene rings is 13. The molecule has 0 N–H and O–H groups in total. The van der Waals surface area contributed by atoms with Crippen LogP contribution in [0.5, 0.6) is 0 Å². The molecule has 7 heteroatoms. The van der Waals surface area contributed by atoms with E-state index < -0.39 is 0 Å². The van der Waals surface area contributed by atoms with Crippen molar-refractivity contribution in [2.75, 3.05) is 0 Å². The molecule has 0 radical (unpaired) electrons. The molecular weight excluding hydrogens is 1030 g/mol. The lowest BCUT2D eigenvalue weighted by Gasteiger charge is -2.27. The highest BCUT2D eigenvalue weighted by atomic mass is 32.1. The van der Waals surface area contributed by atoms with E-state index in [0.29, 0.717) is 33.9 Å². The molecule has 0 saturated carbocycles. The van der Waals surface area contributed by atoms with E-state index in [2.05, 4.69) is 285 Å². The third kappa shape index (κ3) is 6.07. The molecule has 0 unspecified atom stereocenters. The first-order chi connectivity index (χ1) is 41.2. The summed E-state index contributed by atoms with van der Waals surface area (Å²) >= 11 is 1.78. The molecule has 0 atom stereocenters. The van der Waals surface area contributed by atoms with Crippen molar-refractivity contribution in [3.8, 4) is 46.0 Å². The average Bonchev–Trinajstić information content (AvgIpc) is 2.19. The van der Waals surface area contributed by atoms with Crippen molar-refractivity contribution in [3.05, 3.63) is 266 Å². The Bertz CT molecular complexity index is 5820. The monoisotopic (exact) mass is 1070 g/mol. The molecule has 5 aromatic heterocycles. The van der Waals surface area contributed by atoms with Crippen molar-refractivity contribution < 1.29 is 0 Å². The van der Waals surface area contributed by atoms with Crippen LogP contribution in [0.2, 0.25) is 0 Å². The maximum atomic E-state index is 13.0. The Morgan fingerprint density at radius 2 is 0.639 bits per heavy atom. The molecule has 6 nitrogen and oxygen atoms in total. The molecular formula is C76H42N6S. The maximum Gasteiger partial charge on any atom is 0.104 e. The van der Waals surface area contributed by atoms with Gasteiger partial charge >= 0.3 is 0 Å². The van der Waals surface area contributed by atoms with Crippen LogP contribution < -0.4 is 0 Å². The van der Waals surface area contributed by atoms with Crippen LogP contribution in [-0.4, -0.2) is 18.3 Å². The van der Waals surface area contributed by atoms with Crippen LogP contribution in [0.15, 0.2) is 255 Å². The van der Waals surface area contributed by atoms with E-state index in [4.69, 9.17) is 0 Å². The van der Waals surface area contributed by atoms with Gasteiger partial charge < -0.3 is 18.3 Å². The summed E-state index contributed by atoms with van der Waals surface area (Å²) < 4.78 is 11.5. The summed E-state index contributed by atoms with van der Waals surface area (Å²) in [7, 11) is 0. The van der Waals surface area contributed by atoms with Crippen LogP contribution in [0.4, 0.5) is 0 Å². The molecule has 13 aromatic carbocycles. The second-order valence-electron chi connectivity index (χ2n) is 21.6. The van der Waals surface area contributed by atoms with E-state index in [1.54, 1.807) is 11.3 Å². The minimum atomic E-state index is 0.420. The Labute approximate surface area is 478 Å². The average molecular weight is 1070 g/mol. The van der Waals surface area contributed by atoms with Crippen molar-refractivity contribution in [1.29, 1.82) is 10.5 Å². The van der Waals surface area contributed by atoms with Crippen LogP contribution in [0, 0.1) is 22.7 Å². The van der Waals surface area contributed by atoms with E-state index in [9.17, 15) is 10.5 Å². The molecule has 5 heterocycles. The minimum absolute atomic E-state index is 0.420. The first-order valence-corrected chi connectivity index (χ1v) is 28.8. The zero-order chi connectivity index (χ0) is 54.6. The Morgan fingerprint density at radius 3 is 1.14 bits per heavy atom. The molecule has 83 heavy (non-hydrogen) atoms. The lowest BCUT2D eigenvalue weighted by atomic mass is 9.92. The van der Waals surface area contributed by atoms with Gasteiger partial charge in [0.2, 0.25) is 0 Å². The van der Waals surface area contributed by atoms with Crippen LogP contribution in [0.25, 0.3) is 163 Å². The summed E-state index contributed by atoms with van der Waals surface area (Å²) in [5, 5.41) is 41.3. The fourth-order valence-corrected chi connectivity index (χ4v) is 15.6. The van der Waals surface area contributed by atoms with E-state index in [0.717, 1.165) is 114 Å². The standard InChI is InChI=1S/C76H42N6S/c77-43-60-71(79-62-31-10-3-21-50(62)51-22-4-11-32-63(51)79)72(80-64-33-12-5-23-52(64)53-24-6-13-34-65(53)80)61(44-78)74(73(60)81-66-35-14-7-25-54(66)55-26-8-15-36-67(55)81)82-68-37-18-30-57(48-29-17-28-47-46-20-2-1-19-45(46)39-40-49(47)48)70(68)59-42-41-58-56-27-9-16-38-69(56)83-76(58)75(59)82/h1-42H. The molecule has 0 bridgehead atoms. The molecule has 18 rings (SSSR count). The predicted molar refractivity (Wildman–Crippen MR) is 347 cm³/mol. The third-order valence-electron chi connectivity index (χ3n) is 17.6. The van der Waals surface area contributed by atoms with Gasteiger partial charge in [-0.15, -0.1) is 11.3 Å². The topological polar surface area (TPSA) is 67.3 Å². The highest BCUT2D eigenvalue weighted by Gasteiger charge is 2.35. The number of hydrogen-bond donors (Lipinski definition) is 0. The minimum Gasteiger partial charge on any atom is -0.306 e. The number of nitriles is 2. The number of nitrogens with zero attached hydrogens (tertiary/aromatic N) is 6. The van der Waals surface area contributed by atoms with Crippen molar-refractivity contribution in [2.45, 2.75) is 0 Å². The van der Waals surface area contributed by atoms with Gasteiger partial charge in [0.05, 0.1) is 71.6 Å². The Hall–Kier alpha value is -11.2. The summed E-state index contributed by atoms with van der Waals surface area (Å²) in [4.78, 5) is 0. The predicted octanol–water partition coefficient (Wildman–Crippen LogP) is 20.2. The fraction of sp³-hybridized carbons (Fsp3) is 0. The van der Waals surface area contributed by atoms with Crippen LogP contribution in [-0.2, 0) is 0 Å². The summed E-state index contributed by atoms with van der Waals surface area (Å²) in [6, 6.07) is 96.7. The second kappa shape index (κ2) is 17.1. The Kier molecular flexibility index (Phi) is 9.42. The van der Waals surface area contributed by atoms with Crippen LogP contribution in [0.1, 0.15) is 11.1 Å². The van der Waals surface area contributed by atoms with Gasteiger partial charge in [0.1, 0.15) is 23.3 Å². The smallest absolute Gasteiger partial charge is 0.104 e. The van der Waals surface area contributed by atoms with Gasteiger partial charge in [-0.25, -0.2) is 0 Å². The van der Waals surface area contributed by atoms with Gasteiger partial charge in [0, 0.05) is 58.6 Å². The molecule has 0 fully saturated rings. The fourth-order valence-electron chi connectivity index (χ4n) is 14.3. The summed E-state index contributed by atoms with van der Waals surface area (Å²) in [6.45, 7) is 0. The maximum absolute atomic E-state index is 13.0. The van der Waals surface area contributed by atoms with Crippen LogP contribution >= 0.6 is 11.3 Å². The second-order valence-corrected chi connectivity index (χ2v) is 22.7. The third-order valence-corrected chi connectivity index (χ3v) is 18.8. The molecule has 0 aliphatic carbocycles. The molecule has 0 aliphatic rings. The zero-order valence-corrected chi connectivity index (χ0v) is 45.2. The molecule has 0 aliphatic heterocycles. The molecule has 382 valence electrons.